The molecule has 2 aromatic rings. The smallest absolute Gasteiger partial charge is 0.209 e. The summed E-state index contributed by atoms with van der Waals surface area (Å²) in [5.74, 6) is 0.555. The van der Waals surface area contributed by atoms with Crippen LogP contribution in [0, 0.1) is 0 Å². The molecule has 1 aliphatic carbocycles. The van der Waals surface area contributed by atoms with Crippen LogP contribution in [0.15, 0.2) is 60.8 Å². The van der Waals surface area contributed by atoms with Gasteiger partial charge in [-0.2, -0.15) is 0 Å². The Bertz CT molecular complexity index is 776. The minimum atomic E-state index is -0.0932. The molecule has 1 N–H and O–H groups in total. The molecule has 0 aliphatic heterocycles. The van der Waals surface area contributed by atoms with Gasteiger partial charge in [-0.15, -0.1) is 0 Å². The van der Waals surface area contributed by atoms with Crippen LogP contribution >= 0.6 is 0 Å². The Kier molecular flexibility index (Phi) is 2.72. The van der Waals surface area contributed by atoms with Gasteiger partial charge in [0.05, 0.1) is 5.70 Å². The average molecular weight is 248 g/mol. The lowest BCUT2D eigenvalue weighted by Crippen LogP contribution is -2.36. The van der Waals surface area contributed by atoms with E-state index in [1.807, 2.05) is 42.5 Å². The highest BCUT2D eigenvalue weighted by molar-refractivity contribution is 6.30. The average Bonchev–Trinajstić information content (AvgIpc) is 2.45. The Morgan fingerprint density at radius 1 is 1.05 bits per heavy atom. The van der Waals surface area contributed by atoms with Crippen LogP contribution in [0.4, 0.5) is 5.82 Å². The lowest BCUT2D eigenvalue weighted by Gasteiger charge is -2.13. The predicted molar refractivity (Wildman–Crippen MR) is 75.6 cm³/mol. The number of Topliss-reactive ketones (excluding diaryl/α,β-unsaturated/α-hetero) is 1. The van der Waals surface area contributed by atoms with Gasteiger partial charge >= 0.3 is 0 Å². The van der Waals surface area contributed by atoms with Crippen molar-refractivity contribution in [3.05, 3.63) is 71.3 Å². The minimum absolute atomic E-state index is 0.0932. The van der Waals surface area contributed by atoms with E-state index in [2.05, 4.69) is 16.9 Å². The third-order valence-electron chi connectivity index (χ3n) is 3.00. The Hall–Kier alpha value is -2.68. The summed E-state index contributed by atoms with van der Waals surface area (Å²) in [4.78, 5) is 16.4. The fourth-order valence-electron chi connectivity index (χ4n) is 2.08. The zero-order valence-electron chi connectivity index (χ0n) is 10.3. The van der Waals surface area contributed by atoms with Crippen molar-refractivity contribution in [1.29, 1.82) is 0 Å². The Morgan fingerprint density at radius 2 is 1.84 bits per heavy atom. The number of nitrogens with zero attached hydrogens (tertiary/aromatic N) is 1. The Balaban J connectivity index is 2.20. The number of rotatable bonds is 2. The molecule has 1 aromatic heterocycles. The third kappa shape index (κ3) is 2.06. The van der Waals surface area contributed by atoms with E-state index in [1.165, 1.54) is 0 Å². The first kappa shape index (κ1) is 11.4. The first-order valence-electron chi connectivity index (χ1n) is 5.98. The van der Waals surface area contributed by atoms with Gasteiger partial charge < -0.3 is 5.32 Å². The fraction of sp³-hybridized carbons (Fsp3) is 0. The van der Waals surface area contributed by atoms with Crippen molar-refractivity contribution in [3.8, 4) is 0 Å². The van der Waals surface area contributed by atoms with Crippen LogP contribution in [-0.2, 0) is 4.79 Å². The van der Waals surface area contributed by atoms with Gasteiger partial charge in [0.25, 0.3) is 0 Å². The second kappa shape index (κ2) is 4.53. The number of anilines is 1. The zero-order valence-corrected chi connectivity index (χ0v) is 10.3. The maximum Gasteiger partial charge on any atom is 0.209 e. The van der Waals surface area contributed by atoms with Crippen LogP contribution < -0.4 is 15.8 Å². The van der Waals surface area contributed by atoms with E-state index in [9.17, 15) is 4.79 Å². The van der Waals surface area contributed by atoms with Crippen molar-refractivity contribution in [1.82, 2.24) is 4.98 Å². The van der Waals surface area contributed by atoms with Crippen LogP contribution in [0.25, 0.3) is 11.8 Å². The van der Waals surface area contributed by atoms with Crippen LogP contribution in [0.2, 0.25) is 0 Å². The number of benzene rings is 1. The van der Waals surface area contributed by atoms with Crippen molar-refractivity contribution < 1.29 is 4.79 Å². The molecule has 3 rings (SSSR count). The molecule has 1 aromatic carbocycles. The Morgan fingerprint density at radius 3 is 2.63 bits per heavy atom. The van der Waals surface area contributed by atoms with E-state index < -0.39 is 0 Å². The standard InChI is InChI=1S/C16H12N2O/c1-11-10-12-6-2-3-7-13(12)15(16(11)19)18-14-8-4-5-9-17-14/h2-10H,1H2,(H,17,18). The van der Waals surface area contributed by atoms with E-state index in [0.717, 1.165) is 10.4 Å². The lowest BCUT2D eigenvalue weighted by atomic mass is 10.00. The van der Waals surface area contributed by atoms with Gasteiger partial charge in [0, 0.05) is 17.0 Å². The van der Waals surface area contributed by atoms with E-state index in [-0.39, 0.29) is 5.78 Å². The monoisotopic (exact) mass is 248 g/mol. The summed E-state index contributed by atoms with van der Waals surface area (Å²) < 4.78 is 0. The molecule has 0 radical (unpaired) electrons. The van der Waals surface area contributed by atoms with Gasteiger partial charge in [0.1, 0.15) is 5.82 Å². The number of nitrogens with one attached hydrogen (secondary N) is 1. The van der Waals surface area contributed by atoms with Crippen molar-refractivity contribution >= 4 is 23.4 Å². The number of pyridine rings is 1. The molecular weight excluding hydrogens is 236 g/mol. The SMILES string of the molecule is C=C1C=c2ccccc2=C(Nc2ccccn2)C1=O. The van der Waals surface area contributed by atoms with Crippen molar-refractivity contribution in [2.45, 2.75) is 0 Å². The topological polar surface area (TPSA) is 42.0 Å². The van der Waals surface area contributed by atoms with Crippen LogP contribution in [0.3, 0.4) is 0 Å². The van der Waals surface area contributed by atoms with Crippen molar-refractivity contribution in [2.75, 3.05) is 5.32 Å². The normalized spacial score (nSPS) is 13.8. The van der Waals surface area contributed by atoms with Gasteiger partial charge in [-0.3, -0.25) is 4.79 Å². The molecule has 3 heteroatoms. The van der Waals surface area contributed by atoms with Gasteiger partial charge in [-0.05, 0) is 23.4 Å². The largest absolute Gasteiger partial charge is 0.337 e. The molecule has 1 heterocycles. The Labute approximate surface area is 110 Å². The van der Waals surface area contributed by atoms with E-state index in [4.69, 9.17) is 0 Å². The zero-order chi connectivity index (χ0) is 13.2. The molecule has 0 amide bonds. The molecule has 0 atom stereocenters. The predicted octanol–water partition coefficient (Wildman–Crippen LogP) is 1.22. The second-order valence-corrected chi connectivity index (χ2v) is 4.30. The summed E-state index contributed by atoms with van der Waals surface area (Å²) in [6, 6.07) is 13.3. The number of ketones is 1. The van der Waals surface area contributed by atoms with Crippen LogP contribution in [-0.4, -0.2) is 10.8 Å². The summed E-state index contributed by atoms with van der Waals surface area (Å²) >= 11 is 0. The van der Waals surface area contributed by atoms with Crippen molar-refractivity contribution in [3.63, 3.8) is 0 Å². The number of fused-ring (bicyclic) bond motifs is 1. The summed E-state index contributed by atoms with van der Waals surface area (Å²) in [6.45, 7) is 3.80. The quantitative estimate of drug-likeness (QED) is 0.813. The maximum absolute atomic E-state index is 12.2. The molecule has 0 saturated heterocycles. The molecule has 92 valence electrons. The molecule has 0 spiro atoms. The number of carbonyl (C=O) groups excluding carboxylic acids is 1. The van der Waals surface area contributed by atoms with Gasteiger partial charge in [0.2, 0.25) is 5.78 Å². The van der Waals surface area contributed by atoms with Gasteiger partial charge in [-0.1, -0.05) is 36.9 Å². The number of aromatic nitrogens is 1. The molecule has 0 saturated carbocycles. The molecular formula is C16H12N2O. The lowest BCUT2D eigenvalue weighted by molar-refractivity contribution is -0.110. The van der Waals surface area contributed by atoms with Crippen LogP contribution in [0.1, 0.15) is 0 Å². The summed E-state index contributed by atoms with van der Waals surface area (Å²) in [7, 11) is 0. The summed E-state index contributed by atoms with van der Waals surface area (Å²) in [5, 5.41) is 4.96. The highest BCUT2D eigenvalue weighted by atomic mass is 16.1. The first-order valence-corrected chi connectivity index (χ1v) is 5.98. The first-order chi connectivity index (χ1) is 9.25. The molecule has 1 aliphatic rings. The van der Waals surface area contributed by atoms with E-state index >= 15 is 0 Å². The molecule has 0 fully saturated rings. The number of hydrogen-bond donors (Lipinski definition) is 1. The molecule has 3 nitrogen and oxygen atoms in total. The van der Waals surface area contributed by atoms with E-state index in [0.29, 0.717) is 17.1 Å². The fourth-order valence-corrected chi connectivity index (χ4v) is 2.08. The molecule has 19 heavy (non-hydrogen) atoms. The number of carbonyl (C=O) groups is 1. The second-order valence-electron chi connectivity index (χ2n) is 4.30. The highest BCUT2D eigenvalue weighted by Gasteiger charge is 2.17. The van der Waals surface area contributed by atoms with Gasteiger partial charge in [-0.25, -0.2) is 4.98 Å². The summed E-state index contributed by atoms with van der Waals surface area (Å²) in [6.07, 6.45) is 3.49. The summed E-state index contributed by atoms with van der Waals surface area (Å²) in [5.41, 5.74) is 1.01. The third-order valence-corrected chi connectivity index (χ3v) is 3.00. The number of hydrogen-bond acceptors (Lipinski definition) is 3. The molecule has 0 bridgehead atoms. The van der Waals surface area contributed by atoms with E-state index in [1.54, 1.807) is 12.3 Å². The highest BCUT2D eigenvalue weighted by Crippen LogP contribution is 2.11. The van der Waals surface area contributed by atoms with Crippen molar-refractivity contribution in [2.24, 2.45) is 0 Å². The maximum atomic E-state index is 12.2. The van der Waals surface area contributed by atoms with Crippen LogP contribution in [0.5, 0.6) is 0 Å². The molecule has 0 unspecified atom stereocenters. The minimum Gasteiger partial charge on any atom is -0.337 e. The van der Waals surface area contributed by atoms with Gasteiger partial charge in [0.15, 0.2) is 0 Å².